The summed E-state index contributed by atoms with van der Waals surface area (Å²) >= 11 is 4.01. The van der Waals surface area contributed by atoms with Crippen LogP contribution in [0.15, 0.2) is 36.0 Å². The Labute approximate surface area is 146 Å². The average Bonchev–Trinajstić information content (AvgIpc) is 3.13. The van der Waals surface area contributed by atoms with Crippen LogP contribution < -0.4 is 0 Å². The van der Waals surface area contributed by atoms with Crippen LogP contribution in [0.2, 0.25) is 0 Å². The van der Waals surface area contributed by atoms with E-state index in [1.165, 1.54) is 35.5 Å². The summed E-state index contributed by atoms with van der Waals surface area (Å²) in [5, 5.41) is 2.20. The second-order valence-electron chi connectivity index (χ2n) is 6.66. The second kappa shape index (κ2) is 6.55. The molecule has 0 aromatic carbocycles. The van der Waals surface area contributed by atoms with Crippen molar-refractivity contribution in [2.45, 2.75) is 37.3 Å². The summed E-state index contributed by atoms with van der Waals surface area (Å²) in [7, 11) is 0. The minimum Gasteiger partial charge on any atom is -0.373 e. The first-order valence-electron chi connectivity index (χ1n) is 8.12. The molecular formula is C18H22N2OS2. The summed E-state index contributed by atoms with van der Waals surface area (Å²) in [5.74, 6) is 1.14. The summed E-state index contributed by atoms with van der Waals surface area (Å²) < 4.78 is 6.57. The Morgan fingerprint density at radius 3 is 2.87 bits per heavy atom. The van der Waals surface area contributed by atoms with Gasteiger partial charge in [-0.25, -0.2) is 0 Å². The Kier molecular flexibility index (Phi) is 4.46. The van der Waals surface area contributed by atoms with Crippen LogP contribution in [0.3, 0.4) is 0 Å². The number of aryl methyl sites for hydroxylation is 1. The number of ether oxygens (including phenoxy) is 1. The van der Waals surface area contributed by atoms with Crippen molar-refractivity contribution in [2.24, 2.45) is 0 Å². The lowest BCUT2D eigenvalue weighted by Crippen LogP contribution is -2.58. The molecule has 0 aliphatic carbocycles. The van der Waals surface area contributed by atoms with Crippen molar-refractivity contribution in [1.82, 2.24) is 9.88 Å². The fraction of sp³-hybridized carbons (Fsp3) is 0.500. The molecule has 2 aliphatic rings. The van der Waals surface area contributed by atoms with E-state index in [-0.39, 0.29) is 0 Å². The molecule has 0 bridgehead atoms. The van der Waals surface area contributed by atoms with Crippen molar-refractivity contribution in [3.63, 3.8) is 0 Å². The molecule has 0 N–H and O–H groups in total. The van der Waals surface area contributed by atoms with Gasteiger partial charge in [-0.15, -0.1) is 23.1 Å². The third-order valence-corrected chi connectivity index (χ3v) is 7.35. The SMILES string of the molecule is Cc1ccsc1CN1CC2(C[C@H](OCc3ccncc3)CS2)C1. The van der Waals surface area contributed by atoms with Crippen LogP contribution in [0.4, 0.5) is 0 Å². The van der Waals surface area contributed by atoms with E-state index in [0.29, 0.717) is 17.5 Å². The summed E-state index contributed by atoms with van der Waals surface area (Å²) in [5.41, 5.74) is 2.66. The zero-order chi connectivity index (χ0) is 15.7. The number of hydrogen-bond acceptors (Lipinski definition) is 5. The number of hydrogen-bond donors (Lipinski definition) is 0. The van der Waals surface area contributed by atoms with Gasteiger partial charge in [0, 0.05) is 47.4 Å². The summed E-state index contributed by atoms with van der Waals surface area (Å²) in [6, 6.07) is 6.29. The number of nitrogens with zero attached hydrogens (tertiary/aromatic N) is 2. The molecule has 3 nitrogen and oxygen atoms in total. The van der Waals surface area contributed by atoms with Crippen molar-refractivity contribution in [3.8, 4) is 0 Å². The fourth-order valence-electron chi connectivity index (χ4n) is 3.47. The Balaban J connectivity index is 1.24. The molecule has 0 unspecified atom stereocenters. The van der Waals surface area contributed by atoms with Crippen LogP contribution in [-0.2, 0) is 17.9 Å². The highest BCUT2D eigenvalue weighted by Crippen LogP contribution is 2.46. The van der Waals surface area contributed by atoms with Gasteiger partial charge in [-0.2, -0.15) is 0 Å². The van der Waals surface area contributed by atoms with Crippen LogP contribution in [0, 0.1) is 6.92 Å². The van der Waals surface area contributed by atoms with Crippen molar-refractivity contribution in [2.75, 3.05) is 18.8 Å². The maximum Gasteiger partial charge on any atom is 0.0722 e. The van der Waals surface area contributed by atoms with Gasteiger partial charge < -0.3 is 4.74 Å². The number of pyridine rings is 1. The van der Waals surface area contributed by atoms with Crippen LogP contribution >= 0.6 is 23.1 Å². The molecule has 1 spiro atoms. The van der Waals surface area contributed by atoms with Crippen molar-refractivity contribution >= 4 is 23.1 Å². The van der Waals surface area contributed by atoms with Gasteiger partial charge in [-0.3, -0.25) is 9.88 Å². The van der Waals surface area contributed by atoms with E-state index in [1.807, 2.05) is 35.9 Å². The molecule has 23 heavy (non-hydrogen) atoms. The third kappa shape index (κ3) is 3.48. The molecule has 2 aliphatic heterocycles. The zero-order valence-electron chi connectivity index (χ0n) is 13.4. The average molecular weight is 347 g/mol. The number of thiophene rings is 1. The van der Waals surface area contributed by atoms with Gasteiger partial charge in [0.15, 0.2) is 0 Å². The maximum absolute atomic E-state index is 6.12. The molecule has 0 radical (unpaired) electrons. The number of likely N-dealkylation sites (tertiary alicyclic amines) is 1. The van der Waals surface area contributed by atoms with E-state index >= 15 is 0 Å². The number of aromatic nitrogens is 1. The van der Waals surface area contributed by atoms with E-state index in [0.717, 1.165) is 12.3 Å². The Morgan fingerprint density at radius 1 is 1.30 bits per heavy atom. The van der Waals surface area contributed by atoms with E-state index in [4.69, 9.17) is 4.74 Å². The smallest absolute Gasteiger partial charge is 0.0722 e. The highest BCUT2D eigenvalue weighted by Gasteiger charge is 2.49. The normalized spacial score (nSPS) is 23.3. The second-order valence-corrected chi connectivity index (χ2v) is 9.15. The fourth-order valence-corrected chi connectivity index (χ4v) is 6.03. The zero-order valence-corrected chi connectivity index (χ0v) is 15.0. The molecule has 2 saturated heterocycles. The predicted octanol–water partition coefficient (Wildman–Crippen LogP) is 3.73. The third-order valence-electron chi connectivity index (χ3n) is 4.77. The molecule has 2 aromatic rings. The Morgan fingerprint density at radius 2 is 2.13 bits per heavy atom. The number of rotatable bonds is 5. The first-order chi connectivity index (χ1) is 11.2. The minimum atomic E-state index is 0.402. The molecule has 2 aromatic heterocycles. The lowest BCUT2D eigenvalue weighted by molar-refractivity contribution is 0.0266. The standard InChI is InChI=1S/C18H22N2OS2/c1-14-4-7-22-17(14)9-20-12-18(13-20)8-16(11-23-18)21-10-15-2-5-19-6-3-15/h2-7,16H,8-13H2,1H3/t16-/m0/s1. The lowest BCUT2D eigenvalue weighted by atomic mass is 9.93. The topological polar surface area (TPSA) is 25.4 Å². The van der Waals surface area contributed by atoms with E-state index < -0.39 is 0 Å². The predicted molar refractivity (Wildman–Crippen MR) is 97.0 cm³/mol. The van der Waals surface area contributed by atoms with E-state index in [2.05, 4.69) is 40.0 Å². The van der Waals surface area contributed by atoms with E-state index in [1.54, 1.807) is 0 Å². The quantitative estimate of drug-likeness (QED) is 0.824. The van der Waals surface area contributed by atoms with Gasteiger partial charge in [-0.1, -0.05) is 0 Å². The molecule has 122 valence electrons. The minimum absolute atomic E-state index is 0.402. The van der Waals surface area contributed by atoms with E-state index in [9.17, 15) is 0 Å². The van der Waals surface area contributed by atoms with Gasteiger partial charge in [-0.05, 0) is 48.1 Å². The Hall–Kier alpha value is -0.880. The number of thioether (sulfide) groups is 1. The molecule has 0 amide bonds. The maximum atomic E-state index is 6.12. The van der Waals surface area contributed by atoms with Crippen molar-refractivity contribution < 1.29 is 4.74 Å². The van der Waals surface area contributed by atoms with Gasteiger partial charge in [0.1, 0.15) is 0 Å². The first-order valence-corrected chi connectivity index (χ1v) is 9.99. The first kappa shape index (κ1) is 15.6. The summed E-state index contributed by atoms with van der Waals surface area (Å²) in [6.07, 6.45) is 5.27. The molecule has 1 atom stereocenters. The van der Waals surface area contributed by atoms with Crippen molar-refractivity contribution in [3.05, 3.63) is 52.0 Å². The van der Waals surface area contributed by atoms with Crippen molar-refractivity contribution in [1.29, 1.82) is 0 Å². The highest BCUT2D eigenvalue weighted by atomic mass is 32.2. The lowest BCUT2D eigenvalue weighted by Gasteiger charge is -2.47. The Bertz CT molecular complexity index is 652. The van der Waals surface area contributed by atoms with Crippen LogP contribution in [-0.4, -0.2) is 39.6 Å². The van der Waals surface area contributed by atoms with Crippen LogP contribution in [0.5, 0.6) is 0 Å². The van der Waals surface area contributed by atoms with Gasteiger partial charge in [0.05, 0.1) is 12.7 Å². The molecule has 4 heterocycles. The van der Waals surface area contributed by atoms with Gasteiger partial charge in [0.25, 0.3) is 0 Å². The molecule has 0 saturated carbocycles. The van der Waals surface area contributed by atoms with Gasteiger partial charge >= 0.3 is 0 Å². The molecule has 4 rings (SSSR count). The van der Waals surface area contributed by atoms with Gasteiger partial charge in [0.2, 0.25) is 0 Å². The summed E-state index contributed by atoms with van der Waals surface area (Å²) in [6.45, 7) is 6.47. The molecular weight excluding hydrogens is 324 g/mol. The molecule has 5 heteroatoms. The van der Waals surface area contributed by atoms with Crippen LogP contribution in [0.1, 0.15) is 22.4 Å². The summed E-state index contributed by atoms with van der Waals surface area (Å²) in [4.78, 5) is 8.15. The highest BCUT2D eigenvalue weighted by molar-refractivity contribution is 8.01. The molecule has 2 fully saturated rings. The van der Waals surface area contributed by atoms with Crippen LogP contribution in [0.25, 0.3) is 0 Å². The monoisotopic (exact) mass is 346 g/mol. The largest absolute Gasteiger partial charge is 0.373 e.